The molecule has 9 heteroatoms. The Kier molecular flexibility index (Phi) is 8.96. The van der Waals surface area contributed by atoms with Crippen LogP contribution in [0.2, 0.25) is 10.0 Å². The number of carbonyl (C=O) groups is 2. The average Bonchev–Trinajstić information content (AvgIpc) is 3.23. The number of hydrogen-bond acceptors (Lipinski definition) is 6. The van der Waals surface area contributed by atoms with E-state index in [1.54, 1.807) is 36.3 Å². The van der Waals surface area contributed by atoms with Gasteiger partial charge in [0.1, 0.15) is 12.4 Å². The molecule has 7 nitrogen and oxygen atoms in total. The molecule has 0 bridgehead atoms. The first-order valence-corrected chi connectivity index (χ1v) is 14.1. The zero-order valence-corrected chi connectivity index (χ0v) is 24.0. The van der Waals surface area contributed by atoms with E-state index >= 15 is 0 Å². The number of carbonyl (C=O) groups excluding carboxylic acids is 2. The number of methoxy groups -OCH3 is 1. The summed E-state index contributed by atoms with van der Waals surface area (Å²) in [5, 5.41) is 1.26. The van der Waals surface area contributed by atoms with Crippen LogP contribution in [-0.4, -0.2) is 67.7 Å². The van der Waals surface area contributed by atoms with E-state index in [0.29, 0.717) is 41.1 Å². The number of ether oxygens (including phenoxy) is 3. The van der Waals surface area contributed by atoms with Gasteiger partial charge in [-0.15, -0.1) is 0 Å². The Hall–Kier alpha value is -3.10. The summed E-state index contributed by atoms with van der Waals surface area (Å²) in [7, 11) is 1.61. The fourth-order valence-corrected chi connectivity index (χ4v) is 5.75. The largest absolute Gasteiger partial charge is 0.497 e. The second-order valence-corrected chi connectivity index (χ2v) is 10.9. The molecule has 0 radical (unpaired) electrons. The molecule has 1 aliphatic carbocycles. The summed E-state index contributed by atoms with van der Waals surface area (Å²) in [4.78, 5) is 30.5. The number of esters is 1. The maximum absolute atomic E-state index is 13.5. The molecule has 2 heterocycles. The highest BCUT2D eigenvalue weighted by Gasteiger charge is 2.42. The number of fused-ring (bicyclic) bond motifs is 1. The van der Waals surface area contributed by atoms with Crippen LogP contribution in [0.5, 0.6) is 0 Å². The summed E-state index contributed by atoms with van der Waals surface area (Å²) in [6.07, 6.45) is 5.83. The molecule has 3 aliphatic rings. The first-order valence-electron chi connectivity index (χ1n) is 13.3. The minimum Gasteiger partial charge on any atom is -0.497 e. The first-order chi connectivity index (χ1) is 19.3. The molecule has 2 aromatic rings. The summed E-state index contributed by atoms with van der Waals surface area (Å²) in [6.45, 7) is 4.86. The van der Waals surface area contributed by atoms with E-state index in [0.717, 1.165) is 23.4 Å². The summed E-state index contributed by atoms with van der Waals surface area (Å²) in [5.74, 6) is 0.0544. The van der Waals surface area contributed by atoms with Crippen LogP contribution >= 0.6 is 23.2 Å². The van der Waals surface area contributed by atoms with E-state index in [1.165, 1.54) is 0 Å². The monoisotopic (exact) mass is 582 g/mol. The Balaban J connectivity index is 1.22. The lowest BCUT2D eigenvalue weighted by atomic mass is 9.88. The molecule has 0 aromatic heterocycles. The predicted molar refractivity (Wildman–Crippen MR) is 154 cm³/mol. The van der Waals surface area contributed by atoms with E-state index in [4.69, 9.17) is 37.4 Å². The van der Waals surface area contributed by atoms with Crippen LogP contribution in [0.25, 0.3) is 0 Å². The summed E-state index contributed by atoms with van der Waals surface area (Å²) in [6, 6.07) is 14.3. The molecule has 3 unspecified atom stereocenters. The molecular weight excluding hydrogens is 551 g/mol. The van der Waals surface area contributed by atoms with Crippen LogP contribution in [0.1, 0.15) is 35.4 Å². The van der Waals surface area contributed by atoms with Gasteiger partial charge in [-0.05, 0) is 66.6 Å². The third-order valence-electron chi connectivity index (χ3n) is 7.64. The van der Waals surface area contributed by atoms with Crippen molar-refractivity contribution >= 4 is 35.1 Å². The Morgan fingerprint density at radius 3 is 2.45 bits per heavy atom. The third-order valence-corrected chi connectivity index (χ3v) is 8.14. The van der Waals surface area contributed by atoms with Crippen molar-refractivity contribution in [2.45, 2.75) is 25.5 Å². The van der Waals surface area contributed by atoms with Crippen molar-refractivity contribution < 1.29 is 23.8 Å². The minimum absolute atomic E-state index is 0.0461. The summed E-state index contributed by atoms with van der Waals surface area (Å²) in [5.41, 5.74) is 3.21. The Bertz CT molecular complexity index is 1340. The molecule has 0 spiro atoms. The number of nitrogens with zero attached hydrogens (tertiary/aromatic N) is 2. The summed E-state index contributed by atoms with van der Waals surface area (Å²) >= 11 is 12.0. The highest BCUT2D eigenvalue weighted by molar-refractivity contribution is 6.30. The average molecular weight is 584 g/mol. The van der Waals surface area contributed by atoms with Crippen molar-refractivity contribution in [1.29, 1.82) is 0 Å². The van der Waals surface area contributed by atoms with Crippen molar-refractivity contribution in [2.24, 2.45) is 5.92 Å². The Labute approximate surface area is 244 Å². The van der Waals surface area contributed by atoms with Gasteiger partial charge in [-0.1, -0.05) is 41.4 Å². The number of halogens is 2. The fourth-order valence-electron chi connectivity index (χ4n) is 5.50. The van der Waals surface area contributed by atoms with Crippen molar-refractivity contribution in [3.63, 3.8) is 0 Å². The first kappa shape index (κ1) is 28.4. The van der Waals surface area contributed by atoms with Gasteiger partial charge in [-0.3, -0.25) is 14.5 Å². The zero-order chi connectivity index (χ0) is 28.2. The van der Waals surface area contributed by atoms with E-state index in [1.807, 2.05) is 49.4 Å². The number of morpholine rings is 1. The van der Waals surface area contributed by atoms with Crippen LogP contribution in [0.4, 0.5) is 0 Å². The molecule has 1 fully saturated rings. The fraction of sp³-hybridized carbons (Fsp3) is 0.355. The van der Waals surface area contributed by atoms with Gasteiger partial charge in [0, 0.05) is 46.9 Å². The zero-order valence-electron chi connectivity index (χ0n) is 22.5. The molecule has 5 rings (SSSR count). The molecular formula is C31H32Cl2N2O5. The van der Waals surface area contributed by atoms with E-state index in [2.05, 4.69) is 4.90 Å². The molecule has 2 aromatic carbocycles. The van der Waals surface area contributed by atoms with Crippen LogP contribution < -0.4 is 0 Å². The lowest BCUT2D eigenvalue weighted by Gasteiger charge is -2.33. The molecule has 40 heavy (non-hydrogen) atoms. The minimum atomic E-state index is -0.321. The van der Waals surface area contributed by atoms with Crippen molar-refractivity contribution in [2.75, 3.05) is 40.0 Å². The van der Waals surface area contributed by atoms with Crippen molar-refractivity contribution in [1.82, 2.24) is 9.80 Å². The molecule has 210 valence electrons. The van der Waals surface area contributed by atoms with Gasteiger partial charge in [0.15, 0.2) is 0 Å². The topological polar surface area (TPSA) is 68.3 Å². The van der Waals surface area contributed by atoms with Crippen LogP contribution in [-0.2, 0) is 19.0 Å². The van der Waals surface area contributed by atoms with E-state index in [9.17, 15) is 9.59 Å². The van der Waals surface area contributed by atoms with Gasteiger partial charge in [0.25, 0.3) is 5.91 Å². The number of rotatable bonds is 8. The highest BCUT2D eigenvalue weighted by atomic mass is 35.5. The molecule has 1 saturated heterocycles. The van der Waals surface area contributed by atoms with Gasteiger partial charge in [-0.25, -0.2) is 0 Å². The van der Waals surface area contributed by atoms with Crippen molar-refractivity contribution in [3.05, 3.63) is 105 Å². The van der Waals surface area contributed by atoms with E-state index in [-0.39, 0.29) is 43.0 Å². The SMILES string of the molecule is COC1=CC2C(CC(=O)OCCN3CCOC(c4ccc(Cl)cc4)C3)=C(C)N(C(=O)c3ccc(Cl)cc3)C2C=C1. The highest BCUT2D eigenvalue weighted by Crippen LogP contribution is 2.41. The Morgan fingerprint density at radius 2 is 1.75 bits per heavy atom. The normalized spacial score (nSPS) is 22.6. The van der Waals surface area contributed by atoms with Gasteiger partial charge >= 0.3 is 5.97 Å². The summed E-state index contributed by atoms with van der Waals surface area (Å²) < 4.78 is 17.1. The lowest BCUT2D eigenvalue weighted by molar-refractivity contribution is -0.143. The number of benzene rings is 2. The van der Waals surface area contributed by atoms with Gasteiger partial charge in [0.2, 0.25) is 0 Å². The van der Waals surface area contributed by atoms with Gasteiger partial charge in [-0.2, -0.15) is 0 Å². The predicted octanol–water partition coefficient (Wildman–Crippen LogP) is 5.81. The van der Waals surface area contributed by atoms with E-state index < -0.39 is 0 Å². The smallest absolute Gasteiger partial charge is 0.310 e. The number of allylic oxidation sites excluding steroid dienone is 2. The molecule has 0 N–H and O–H groups in total. The van der Waals surface area contributed by atoms with Crippen molar-refractivity contribution in [3.8, 4) is 0 Å². The standard InChI is InChI=1S/C31H32Cl2N2O5/c1-20-26(18-30(36)40-16-14-34-13-15-39-29(19-34)21-3-7-23(32)8-4-21)27-17-25(38-2)11-12-28(27)35(20)31(37)22-5-9-24(33)10-6-22/h3-12,17,27-29H,13-16,18-19H2,1-2H3. The van der Waals surface area contributed by atoms with Crippen LogP contribution in [0.3, 0.4) is 0 Å². The third kappa shape index (κ3) is 6.28. The maximum atomic E-state index is 13.5. The molecule has 0 saturated carbocycles. The number of hydrogen-bond donors (Lipinski definition) is 0. The number of amides is 1. The maximum Gasteiger partial charge on any atom is 0.310 e. The lowest BCUT2D eigenvalue weighted by Crippen LogP contribution is -2.40. The van der Waals surface area contributed by atoms with Gasteiger partial charge in [0.05, 0.1) is 32.3 Å². The Morgan fingerprint density at radius 1 is 1.05 bits per heavy atom. The quantitative estimate of drug-likeness (QED) is 0.366. The van der Waals surface area contributed by atoms with Crippen LogP contribution in [0.15, 0.2) is 83.8 Å². The second-order valence-electron chi connectivity index (χ2n) is 10.1. The molecule has 3 atom stereocenters. The second kappa shape index (κ2) is 12.6. The molecule has 1 amide bonds. The van der Waals surface area contributed by atoms with Gasteiger partial charge < -0.3 is 19.1 Å². The van der Waals surface area contributed by atoms with Crippen LogP contribution in [0, 0.1) is 5.92 Å². The molecule has 2 aliphatic heterocycles.